The van der Waals surface area contributed by atoms with Gasteiger partial charge in [0.2, 0.25) is 0 Å². The molecule has 3 atom stereocenters. The Kier molecular flexibility index (Phi) is 2.22. The Balaban J connectivity index is 1.58. The predicted octanol–water partition coefficient (Wildman–Crippen LogP) is 2.65. The maximum absolute atomic E-state index is 15.3. The van der Waals surface area contributed by atoms with Gasteiger partial charge in [0.1, 0.15) is 5.67 Å². The molecule has 0 radical (unpaired) electrons. The van der Waals surface area contributed by atoms with Gasteiger partial charge in [-0.15, -0.1) is 0 Å². The number of benzene rings is 1. The van der Waals surface area contributed by atoms with Gasteiger partial charge in [0.05, 0.1) is 6.04 Å². The largest absolute Gasteiger partial charge is 0.379 e. The zero-order valence-electron chi connectivity index (χ0n) is 10.5. The molecule has 3 aliphatic heterocycles. The third kappa shape index (κ3) is 1.57. The average Bonchev–Trinajstić information content (AvgIpc) is 2.93. The summed E-state index contributed by atoms with van der Waals surface area (Å²) in [7, 11) is 0. The summed E-state index contributed by atoms with van der Waals surface area (Å²) >= 11 is 0. The third-order valence-corrected chi connectivity index (χ3v) is 4.90. The molecule has 3 unspecified atom stereocenters. The van der Waals surface area contributed by atoms with Crippen molar-refractivity contribution in [3.05, 3.63) is 29.8 Å². The SMILES string of the molecule is FC1(C2Cc3ccccc3N2)CC2CCC(C1)N2. The van der Waals surface area contributed by atoms with E-state index in [1.54, 1.807) is 0 Å². The fourth-order valence-electron chi connectivity index (χ4n) is 4.02. The van der Waals surface area contributed by atoms with Gasteiger partial charge in [0, 0.05) is 17.8 Å². The summed E-state index contributed by atoms with van der Waals surface area (Å²) in [6.45, 7) is 0. The van der Waals surface area contributed by atoms with E-state index in [1.165, 1.54) is 5.56 Å². The Morgan fingerprint density at radius 3 is 2.56 bits per heavy atom. The molecule has 0 aromatic heterocycles. The number of hydrogen-bond donors (Lipinski definition) is 2. The van der Waals surface area contributed by atoms with Crippen molar-refractivity contribution in [1.29, 1.82) is 0 Å². The number of rotatable bonds is 1. The minimum Gasteiger partial charge on any atom is -0.379 e. The van der Waals surface area contributed by atoms with Crippen LogP contribution in [0.15, 0.2) is 24.3 Å². The number of anilines is 1. The van der Waals surface area contributed by atoms with E-state index in [-0.39, 0.29) is 6.04 Å². The molecule has 2 fully saturated rings. The van der Waals surface area contributed by atoms with Crippen molar-refractivity contribution in [2.75, 3.05) is 5.32 Å². The molecular formula is C15H19FN2. The van der Waals surface area contributed by atoms with Gasteiger partial charge < -0.3 is 10.6 Å². The maximum atomic E-state index is 15.3. The van der Waals surface area contributed by atoms with Crippen molar-refractivity contribution >= 4 is 5.69 Å². The zero-order valence-corrected chi connectivity index (χ0v) is 10.5. The van der Waals surface area contributed by atoms with Gasteiger partial charge in [-0.2, -0.15) is 0 Å². The van der Waals surface area contributed by atoms with Gasteiger partial charge in [-0.05, 0) is 43.7 Å². The van der Waals surface area contributed by atoms with Crippen LogP contribution in [-0.4, -0.2) is 23.8 Å². The Morgan fingerprint density at radius 1 is 1.11 bits per heavy atom. The lowest BCUT2D eigenvalue weighted by atomic mass is 9.82. The highest BCUT2D eigenvalue weighted by molar-refractivity contribution is 5.57. The van der Waals surface area contributed by atoms with Crippen LogP contribution in [0.2, 0.25) is 0 Å². The lowest BCUT2D eigenvalue weighted by Crippen LogP contribution is -2.53. The molecule has 2 N–H and O–H groups in total. The number of piperidine rings is 1. The molecule has 96 valence electrons. The second-order valence-corrected chi connectivity index (χ2v) is 6.14. The van der Waals surface area contributed by atoms with Crippen LogP contribution in [0.1, 0.15) is 31.2 Å². The lowest BCUT2D eigenvalue weighted by molar-refractivity contribution is 0.0698. The lowest BCUT2D eigenvalue weighted by Gasteiger charge is -2.39. The highest BCUT2D eigenvalue weighted by atomic mass is 19.1. The quantitative estimate of drug-likeness (QED) is 0.796. The molecule has 18 heavy (non-hydrogen) atoms. The van der Waals surface area contributed by atoms with Crippen LogP contribution in [0, 0.1) is 0 Å². The molecule has 0 spiro atoms. The number of alkyl halides is 1. The molecule has 2 bridgehead atoms. The highest BCUT2D eigenvalue weighted by Crippen LogP contribution is 2.43. The highest BCUT2D eigenvalue weighted by Gasteiger charge is 2.50. The number of halogens is 1. The van der Waals surface area contributed by atoms with E-state index in [0.29, 0.717) is 24.9 Å². The van der Waals surface area contributed by atoms with Crippen molar-refractivity contribution in [2.24, 2.45) is 0 Å². The Hall–Kier alpha value is -1.09. The van der Waals surface area contributed by atoms with Crippen molar-refractivity contribution < 1.29 is 4.39 Å². The normalized spacial score (nSPS) is 41.5. The summed E-state index contributed by atoms with van der Waals surface area (Å²) in [6.07, 6.45) is 4.49. The maximum Gasteiger partial charge on any atom is 0.134 e. The zero-order chi connectivity index (χ0) is 12.2. The second-order valence-electron chi connectivity index (χ2n) is 6.14. The van der Waals surface area contributed by atoms with Gasteiger partial charge in [-0.1, -0.05) is 18.2 Å². The van der Waals surface area contributed by atoms with Gasteiger partial charge in [-0.3, -0.25) is 0 Å². The molecule has 3 aliphatic rings. The molecule has 1 aromatic carbocycles. The predicted molar refractivity (Wildman–Crippen MR) is 70.6 cm³/mol. The first-order chi connectivity index (χ1) is 8.73. The minimum absolute atomic E-state index is 0.0277. The molecule has 1 aromatic rings. The van der Waals surface area contributed by atoms with Gasteiger partial charge in [0.15, 0.2) is 0 Å². The summed E-state index contributed by atoms with van der Waals surface area (Å²) in [5.41, 5.74) is 1.37. The number of para-hydroxylation sites is 1. The number of fused-ring (bicyclic) bond motifs is 3. The van der Waals surface area contributed by atoms with Gasteiger partial charge in [0.25, 0.3) is 0 Å². The molecule has 3 heteroatoms. The summed E-state index contributed by atoms with van der Waals surface area (Å²) in [5, 5.41) is 6.93. The smallest absolute Gasteiger partial charge is 0.134 e. The van der Waals surface area contributed by atoms with E-state index < -0.39 is 5.67 Å². The van der Waals surface area contributed by atoms with Gasteiger partial charge in [-0.25, -0.2) is 4.39 Å². The monoisotopic (exact) mass is 246 g/mol. The average molecular weight is 246 g/mol. The van der Waals surface area contributed by atoms with Crippen LogP contribution in [-0.2, 0) is 6.42 Å². The van der Waals surface area contributed by atoms with E-state index in [9.17, 15) is 0 Å². The fourth-order valence-corrected chi connectivity index (χ4v) is 4.02. The van der Waals surface area contributed by atoms with E-state index in [1.807, 2.05) is 12.1 Å². The van der Waals surface area contributed by atoms with Crippen LogP contribution in [0.5, 0.6) is 0 Å². The second kappa shape index (κ2) is 3.70. The molecule has 0 amide bonds. The molecule has 0 aliphatic carbocycles. The topological polar surface area (TPSA) is 24.1 Å². The van der Waals surface area contributed by atoms with Crippen LogP contribution < -0.4 is 10.6 Å². The van der Waals surface area contributed by atoms with E-state index in [4.69, 9.17) is 0 Å². The molecular weight excluding hydrogens is 227 g/mol. The number of hydrogen-bond acceptors (Lipinski definition) is 2. The standard InChI is InChI=1S/C15H19FN2/c16-15(8-11-5-6-12(9-15)17-11)14-7-10-3-1-2-4-13(10)18-14/h1-4,11-12,14,17-18H,5-9H2. The number of nitrogens with one attached hydrogen (secondary N) is 2. The molecule has 0 saturated carbocycles. The Morgan fingerprint density at radius 2 is 1.83 bits per heavy atom. The Labute approximate surface area is 107 Å². The summed E-state index contributed by atoms with van der Waals surface area (Å²) in [6, 6.07) is 9.01. The van der Waals surface area contributed by atoms with Crippen LogP contribution >= 0.6 is 0 Å². The Bertz CT molecular complexity index is 436. The van der Waals surface area contributed by atoms with Crippen LogP contribution in [0.4, 0.5) is 10.1 Å². The van der Waals surface area contributed by atoms with Crippen LogP contribution in [0.3, 0.4) is 0 Å². The summed E-state index contributed by atoms with van der Waals surface area (Å²) in [5.74, 6) is 0. The minimum atomic E-state index is -1.03. The first kappa shape index (κ1) is 10.8. The summed E-state index contributed by atoms with van der Waals surface area (Å²) in [4.78, 5) is 0. The first-order valence-electron chi connectivity index (χ1n) is 7.02. The molecule has 2 saturated heterocycles. The van der Waals surface area contributed by atoms with Crippen molar-refractivity contribution in [3.63, 3.8) is 0 Å². The summed E-state index contributed by atoms with van der Waals surface area (Å²) < 4.78 is 15.3. The van der Waals surface area contributed by atoms with Crippen LogP contribution in [0.25, 0.3) is 0 Å². The van der Waals surface area contributed by atoms with Crippen molar-refractivity contribution in [2.45, 2.75) is 55.9 Å². The van der Waals surface area contributed by atoms with E-state index >= 15 is 4.39 Å². The van der Waals surface area contributed by atoms with Crippen molar-refractivity contribution in [3.8, 4) is 0 Å². The van der Waals surface area contributed by atoms with E-state index in [0.717, 1.165) is 24.9 Å². The molecule has 2 nitrogen and oxygen atoms in total. The third-order valence-electron chi connectivity index (χ3n) is 4.90. The first-order valence-corrected chi connectivity index (χ1v) is 7.02. The van der Waals surface area contributed by atoms with E-state index in [2.05, 4.69) is 22.8 Å². The molecule has 4 rings (SSSR count). The molecule has 3 heterocycles. The fraction of sp³-hybridized carbons (Fsp3) is 0.600. The van der Waals surface area contributed by atoms with Crippen molar-refractivity contribution in [1.82, 2.24) is 5.32 Å². The van der Waals surface area contributed by atoms with Gasteiger partial charge >= 0.3 is 0 Å².